The van der Waals surface area contributed by atoms with Gasteiger partial charge in [0.2, 0.25) is 0 Å². The van der Waals surface area contributed by atoms with Crippen LogP contribution >= 0.6 is 0 Å². The van der Waals surface area contributed by atoms with Gasteiger partial charge in [-0.2, -0.15) is 0 Å². The van der Waals surface area contributed by atoms with Crippen LogP contribution < -0.4 is 4.90 Å². The first-order valence-corrected chi connectivity index (χ1v) is 18.0. The Labute approximate surface area is 305 Å². The van der Waals surface area contributed by atoms with E-state index >= 15 is 0 Å². The third-order valence-corrected chi connectivity index (χ3v) is 10.6. The summed E-state index contributed by atoms with van der Waals surface area (Å²) in [7, 11) is 0. The number of furan rings is 2. The molecule has 0 unspecified atom stereocenters. The van der Waals surface area contributed by atoms with E-state index in [0.29, 0.717) is 0 Å². The van der Waals surface area contributed by atoms with E-state index in [1.165, 1.54) is 32.8 Å². The number of fused-ring (bicyclic) bond motifs is 10. The Morgan fingerprint density at radius 3 is 1.79 bits per heavy atom. The van der Waals surface area contributed by atoms with Crippen LogP contribution in [0.15, 0.2) is 197 Å². The van der Waals surface area contributed by atoms with Crippen molar-refractivity contribution >= 4 is 82.5 Å². The van der Waals surface area contributed by atoms with Gasteiger partial charge >= 0.3 is 0 Å². The highest BCUT2D eigenvalue weighted by Gasteiger charge is 2.23. The van der Waals surface area contributed by atoms with Crippen LogP contribution in [0, 0.1) is 0 Å². The summed E-state index contributed by atoms with van der Waals surface area (Å²) in [4.78, 5) is 2.39. The quantitative estimate of drug-likeness (QED) is 0.170. The van der Waals surface area contributed by atoms with Crippen molar-refractivity contribution in [1.29, 1.82) is 0 Å². The molecule has 0 saturated carbocycles. The summed E-state index contributed by atoms with van der Waals surface area (Å²) in [6.45, 7) is 0. The van der Waals surface area contributed by atoms with Crippen LogP contribution in [0.1, 0.15) is 0 Å². The maximum absolute atomic E-state index is 6.70. The van der Waals surface area contributed by atoms with E-state index in [2.05, 4.69) is 175 Å². The SMILES string of the molecule is c1ccc(-c2ccccc2-c2cccc(N(c3ccc4oc5ccccc5c4c3)c3cc4oc5ccccc5c4c4c3ccc3ccccc34)c2)cc1. The average Bonchev–Trinajstić information content (AvgIpc) is 3.79. The smallest absolute Gasteiger partial charge is 0.138 e. The summed E-state index contributed by atoms with van der Waals surface area (Å²) >= 11 is 0. The monoisotopic (exact) mass is 677 g/mol. The molecule has 11 rings (SSSR count). The third-order valence-electron chi connectivity index (χ3n) is 10.6. The summed E-state index contributed by atoms with van der Waals surface area (Å²) in [5, 5.41) is 9.16. The van der Waals surface area contributed by atoms with E-state index in [4.69, 9.17) is 8.83 Å². The minimum atomic E-state index is 0.857. The van der Waals surface area contributed by atoms with Crippen molar-refractivity contribution in [2.75, 3.05) is 4.90 Å². The van der Waals surface area contributed by atoms with Crippen molar-refractivity contribution in [3.63, 3.8) is 0 Å². The molecule has 248 valence electrons. The number of nitrogens with zero attached hydrogens (tertiary/aromatic N) is 1. The van der Waals surface area contributed by atoms with Gasteiger partial charge < -0.3 is 13.7 Å². The molecule has 0 N–H and O–H groups in total. The molecule has 0 fully saturated rings. The van der Waals surface area contributed by atoms with Crippen molar-refractivity contribution in [2.24, 2.45) is 0 Å². The first-order valence-electron chi connectivity index (χ1n) is 18.0. The van der Waals surface area contributed by atoms with Gasteiger partial charge in [-0.15, -0.1) is 0 Å². The lowest BCUT2D eigenvalue weighted by Crippen LogP contribution is -2.11. The highest BCUT2D eigenvalue weighted by molar-refractivity contribution is 6.29. The number of hydrogen-bond donors (Lipinski definition) is 0. The molecular weight excluding hydrogens is 647 g/mol. The Bertz CT molecular complexity index is 3190. The van der Waals surface area contributed by atoms with E-state index in [1.807, 2.05) is 18.2 Å². The Morgan fingerprint density at radius 1 is 0.321 bits per heavy atom. The zero-order valence-electron chi connectivity index (χ0n) is 28.7. The molecule has 0 aliphatic heterocycles. The van der Waals surface area contributed by atoms with E-state index < -0.39 is 0 Å². The highest BCUT2D eigenvalue weighted by Crippen LogP contribution is 2.48. The van der Waals surface area contributed by atoms with Crippen LogP contribution in [0.4, 0.5) is 17.1 Å². The Kier molecular flexibility index (Phi) is 6.55. The molecule has 0 aliphatic rings. The van der Waals surface area contributed by atoms with Crippen molar-refractivity contribution in [2.45, 2.75) is 0 Å². The van der Waals surface area contributed by atoms with Crippen LogP contribution in [-0.2, 0) is 0 Å². The van der Waals surface area contributed by atoms with Gasteiger partial charge in [-0.25, -0.2) is 0 Å². The number of para-hydroxylation sites is 2. The minimum absolute atomic E-state index is 0.857. The minimum Gasteiger partial charge on any atom is -0.456 e. The molecule has 2 heterocycles. The molecule has 53 heavy (non-hydrogen) atoms. The van der Waals surface area contributed by atoms with Gasteiger partial charge in [0.25, 0.3) is 0 Å². The first-order chi connectivity index (χ1) is 26.3. The van der Waals surface area contributed by atoms with Gasteiger partial charge in [0.15, 0.2) is 0 Å². The fourth-order valence-electron chi connectivity index (χ4n) is 8.26. The van der Waals surface area contributed by atoms with Crippen LogP contribution in [0.2, 0.25) is 0 Å². The highest BCUT2D eigenvalue weighted by atomic mass is 16.3. The fraction of sp³-hybridized carbons (Fsp3) is 0. The molecule has 0 amide bonds. The molecular formula is C50H31NO2. The van der Waals surface area contributed by atoms with Crippen molar-refractivity contribution < 1.29 is 8.83 Å². The van der Waals surface area contributed by atoms with E-state index in [9.17, 15) is 0 Å². The van der Waals surface area contributed by atoms with Crippen molar-refractivity contribution in [3.8, 4) is 22.3 Å². The molecule has 11 aromatic rings. The molecule has 0 saturated heterocycles. The molecule has 0 aliphatic carbocycles. The Hall–Kier alpha value is -7.10. The van der Waals surface area contributed by atoms with Crippen LogP contribution in [0.3, 0.4) is 0 Å². The fourth-order valence-corrected chi connectivity index (χ4v) is 8.26. The summed E-state index contributed by atoms with van der Waals surface area (Å²) in [6.07, 6.45) is 0. The van der Waals surface area contributed by atoms with Crippen LogP contribution in [0.25, 0.3) is 87.7 Å². The normalized spacial score (nSPS) is 11.8. The van der Waals surface area contributed by atoms with Crippen LogP contribution in [-0.4, -0.2) is 0 Å². The standard InChI is InChI=1S/C50H31NO2/c1-2-13-32(14-3-1)37-18-6-7-19-38(37)34-16-12-17-35(29-34)51(36-26-28-47-43(30-36)40-21-8-10-23-45(40)52-47)44-31-48-50(42-22-9-11-24-46(42)53-48)49-39-20-5-4-15-33(39)25-27-41(44)49/h1-31H. The van der Waals surface area contributed by atoms with Gasteiger partial charge in [0, 0.05) is 49.8 Å². The third kappa shape index (κ3) is 4.68. The van der Waals surface area contributed by atoms with E-state index in [1.54, 1.807) is 0 Å². The van der Waals surface area contributed by atoms with Crippen LogP contribution in [0.5, 0.6) is 0 Å². The lowest BCUT2D eigenvalue weighted by Gasteiger charge is -2.28. The number of benzene rings is 9. The lowest BCUT2D eigenvalue weighted by atomic mass is 9.93. The molecule has 3 heteroatoms. The Morgan fingerprint density at radius 2 is 0.943 bits per heavy atom. The van der Waals surface area contributed by atoms with Crippen molar-refractivity contribution in [3.05, 3.63) is 188 Å². The zero-order chi connectivity index (χ0) is 34.9. The number of anilines is 3. The Balaban J connectivity index is 1.23. The molecule has 0 spiro atoms. The number of rotatable bonds is 5. The largest absolute Gasteiger partial charge is 0.456 e. The summed E-state index contributed by atoms with van der Waals surface area (Å²) < 4.78 is 13.0. The summed E-state index contributed by atoms with van der Waals surface area (Å²) in [5.74, 6) is 0. The molecule has 9 aromatic carbocycles. The summed E-state index contributed by atoms with van der Waals surface area (Å²) in [5.41, 5.74) is 11.3. The molecule has 0 bridgehead atoms. The molecule has 3 nitrogen and oxygen atoms in total. The lowest BCUT2D eigenvalue weighted by molar-refractivity contribution is 0.668. The second-order valence-electron chi connectivity index (χ2n) is 13.7. The van der Waals surface area contributed by atoms with Gasteiger partial charge in [0.1, 0.15) is 22.3 Å². The number of hydrogen-bond acceptors (Lipinski definition) is 3. The predicted octanol–water partition coefficient (Wildman–Crippen LogP) is 14.6. The molecule has 2 aromatic heterocycles. The summed E-state index contributed by atoms with van der Waals surface area (Å²) in [6, 6.07) is 66.8. The zero-order valence-corrected chi connectivity index (χ0v) is 28.7. The average molecular weight is 678 g/mol. The second kappa shape index (κ2) is 11.7. The van der Waals surface area contributed by atoms with Gasteiger partial charge in [0.05, 0.1) is 5.69 Å². The second-order valence-corrected chi connectivity index (χ2v) is 13.7. The van der Waals surface area contributed by atoms with Crippen molar-refractivity contribution in [1.82, 2.24) is 0 Å². The van der Waals surface area contributed by atoms with E-state index in [0.717, 1.165) is 71.9 Å². The van der Waals surface area contributed by atoms with Gasteiger partial charge in [-0.05, 0) is 75.5 Å². The van der Waals surface area contributed by atoms with E-state index in [-0.39, 0.29) is 0 Å². The maximum Gasteiger partial charge on any atom is 0.138 e. The maximum atomic E-state index is 6.70. The first kappa shape index (κ1) is 29.6. The topological polar surface area (TPSA) is 29.5 Å². The van der Waals surface area contributed by atoms with Gasteiger partial charge in [-0.1, -0.05) is 140 Å². The van der Waals surface area contributed by atoms with Gasteiger partial charge in [-0.3, -0.25) is 0 Å². The predicted molar refractivity (Wildman–Crippen MR) is 222 cm³/mol. The molecule has 0 atom stereocenters. The molecule has 0 radical (unpaired) electrons.